The lowest BCUT2D eigenvalue weighted by Crippen LogP contribution is -2.19. The molecule has 8 heteroatoms. The first-order valence-electron chi connectivity index (χ1n) is 7.15. The number of carbonyl (C=O) groups excluding carboxylic acids is 4. The van der Waals surface area contributed by atoms with Crippen molar-refractivity contribution in [2.45, 2.75) is 6.42 Å². The maximum Gasteiger partial charge on any atom is 0.248 e. The minimum atomic E-state index is -0.710. The van der Waals surface area contributed by atoms with E-state index in [1.165, 1.54) is 36.4 Å². The van der Waals surface area contributed by atoms with Crippen LogP contribution in [0.4, 0.5) is 0 Å². The van der Waals surface area contributed by atoms with Crippen molar-refractivity contribution in [3.05, 3.63) is 69.8 Å². The Labute approximate surface area is 142 Å². The number of amides is 4. The Hall–Kier alpha value is -3.68. The number of hydrogen-bond acceptors (Lipinski definition) is 4. The first kappa shape index (κ1) is 17.7. The molecule has 2 aromatic carbocycles. The van der Waals surface area contributed by atoms with E-state index in [0.29, 0.717) is 11.1 Å². The van der Waals surface area contributed by atoms with Gasteiger partial charge in [0.2, 0.25) is 23.6 Å². The van der Waals surface area contributed by atoms with Gasteiger partial charge in [0.05, 0.1) is 0 Å². The average Bonchev–Trinajstić information content (AvgIpc) is 2.54. The van der Waals surface area contributed by atoms with Crippen molar-refractivity contribution in [2.24, 2.45) is 22.9 Å². The molecule has 0 bridgehead atoms. The van der Waals surface area contributed by atoms with Crippen molar-refractivity contribution in [3.63, 3.8) is 0 Å². The lowest BCUT2D eigenvalue weighted by atomic mass is 9.93. The van der Waals surface area contributed by atoms with Crippen molar-refractivity contribution >= 4 is 23.6 Å². The number of rotatable bonds is 6. The van der Waals surface area contributed by atoms with Gasteiger partial charge in [0.15, 0.2) is 0 Å². The standard InChI is InChI=1S/C17H16N4O4/c18-14(22)8-1-3-12(16(20)24)10(5-8)7-11-6-9(15(19)23)2-4-13(11)17(21)25/h1-6H,7H2,(H2,18,22)(H2,19,23)(H2,20,24)(H2,21,25). The van der Waals surface area contributed by atoms with Gasteiger partial charge in [0.1, 0.15) is 0 Å². The summed E-state index contributed by atoms with van der Waals surface area (Å²) in [5.74, 6) is -2.79. The van der Waals surface area contributed by atoms with E-state index in [9.17, 15) is 19.2 Å². The van der Waals surface area contributed by atoms with E-state index in [0.717, 1.165) is 0 Å². The zero-order valence-corrected chi connectivity index (χ0v) is 13.1. The molecular formula is C17H16N4O4. The molecule has 0 aliphatic rings. The van der Waals surface area contributed by atoms with Gasteiger partial charge in [0, 0.05) is 22.3 Å². The number of nitrogens with two attached hydrogens (primary N) is 4. The van der Waals surface area contributed by atoms with Gasteiger partial charge in [-0.1, -0.05) is 0 Å². The highest BCUT2D eigenvalue weighted by molar-refractivity contribution is 5.99. The third-order valence-corrected chi connectivity index (χ3v) is 3.69. The van der Waals surface area contributed by atoms with Crippen LogP contribution < -0.4 is 22.9 Å². The fraction of sp³-hybridized carbons (Fsp3) is 0.0588. The Morgan fingerprint density at radius 1 is 0.600 bits per heavy atom. The zero-order valence-electron chi connectivity index (χ0n) is 13.1. The topological polar surface area (TPSA) is 172 Å². The summed E-state index contributed by atoms with van der Waals surface area (Å²) in [6.45, 7) is 0. The largest absolute Gasteiger partial charge is 0.366 e. The Kier molecular flexibility index (Phi) is 4.83. The minimum Gasteiger partial charge on any atom is -0.366 e. The summed E-state index contributed by atoms with van der Waals surface area (Å²) in [5.41, 5.74) is 22.6. The van der Waals surface area contributed by atoms with Crippen molar-refractivity contribution in [1.29, 1.82) is 0 Å². The Morgan fingerprint density at radius 3 is 1.24 bits per heavy atom. The Balaban J connectivity index is 2.61. The molecule has 0 saturated carbocycles. The Bertz CT molecular complexity index is 832. The van der Waals surface area contributed by atoms with Gasteiger partial charge in [-0.2, -0.15) is 0 Å². The van der Waals surface area contributed by atoms with Gasteiger partial charge in [-0.3, -0.25) is 19.2 Å². The van der Waals surface area contributed by atoms with Gasteiger partial charge < -0.3 is 22.9 Å². The monoisotopic (exact) mass is 340 g/mol. The van der Waals surface area contributed by atoms with Gasteiger partial charge in [-0.25, -0.2) is 0 Å². The second-order valence-electron chi connectivity index (χ2n) is 5.38. The summed E-state index contributed by atoms with van der Waals surface area (Å²) in [7, 11) is 0. The highest BCUT2D eigenvalue weighted by Gasteiger charge is 2.16. The van der Waals surface area contributed by atoms with Crippen molar-refractivity contribution < 1.29 is 19.2 Å². The first-order chi connectivity index (χ1) is 11.7. The molecule has 8 nitrogen and oxygen atoms in total. The minimum absolute atomic E-state index is 0.0266. The molecule has 2 rings (SSSR count). The lowest BCUT2D eigenvalue weighted by molar-refractivity contribution is 0.0986. The summed E-state index contributed by atoms with van der Waals surface area (Å²) >= 11 is 0. The molecule has 0 heterocycles. The number of benzene rings is 2. The van der Waals surface area contributed by atoms with Gasteiger partial charge in [-0.15, -0.1) is 0 Å². The molecule has 0 saturated heterocycles. The van der Waals surface area contributed by atoms with E-state index < -0.39 is 23.6 Å². The van der Waals surface area contributed by atoms with Crippen LogP contribution in [0.25, 0.3) is 0 Å². The highest BCUT2D eigenvalue weighted by Crippen LogP contribution is 2.20. The molecule has 0 aliphatic carbocycles. The smallest absolute Gasteiger partial charge is 0.248 e. The van der Waals surface area contributed by atoms with E-state index in [4.69, 9.17) is 22.9 Å². The highest BCUT2D eigenvalue weighted by atomic mass is 16.2. The van der Waals surface area contributed by atoms with Gasteiger partial charge >= 0.3 is 0 Å². The van der Waals surface area contributed by atoms with Crippen LogP contribution in [0.2, 0.25) is 0 Å². The third-order valence-electron chi connectivity index (χ3n) is 3.69. The molecule has 0 aliphatic heterocycles. The quantitative estimate of drug-likeness (QED) is 0.564. The van der Waals surface area contributed by atoms with Crippen LogP contribution >= 0.6 is 0 Å². The molecule has 25 heavy (non-hydrogen) atoms. The van der Waals surface area contributed by atoms with Crippen molar-refractivity contribution in [1.82, 2.24) is 0 Å². The molecule has 0 radical (unpaired) electrons. The summed E-state index contributed by atoms with van der Waals surface area (Å²) in [4.78, 5) is 46.0. The van der Waals surface area contributed by atoms with Crippen LogP contribution in [0.3, 0.4) is 0 Å². The SMILES string of the molecule is NC(=O)c1ccc(C(N)=O)c(Cc2cc(C(N)=O)ccc2C(N)=O)c1. The molecule has 0 unspecified atom stereocenters. The molecule has 4 amide bonds. The van der Waals surface area contributed by atoms with Crippen LogP contribution in [0.15, 0.2) is 36.4 Å². The van der Waals surface area contributed by atoms with E-state index in [-0.39, 0.29) is 28.7 Å². The maximum atomic E-state index is 11.6. The molecule has 0 aromatic heterocycles. The molecule has 2 aromatic rings. The molecule has 128 valence electrons. The normalized spacial score (nSPS) is 10.2. The predicted molar refractivity (Wildman–Crippen MR) is 89.8 cm³/mol. The van der Waals surface area contributed by atoms with Crippen LogP contribution in [0.5, 0.6) is 0 Å². The number of hydrogen-bond donors (Lipinski definition) is 4. The third kappa shape index (κ3) is 3.81. The van der Waals surface area contributed by atoms with Crippen LogP contribution in [-0.4, -0.2) is 23.6 Å². The van der Waals surface area contributed by atoms with E-state index in [1.54, 1.807) is 0 Å². The second-order valence-corrected chi connectivity index (χ2v) is 5.38. The summed E-state index contributed by atoms with van der Waals surface area (Å²) in [5, 5.41) is 0. The fourth-order valence-electron chi connectivity index (χ4n) is 2.47. The molecule has 0 spiro atoms. The van der Waals surface area contributed by atoms with Crippen LogP contribution in [0.1, 0.15) is 52.6 Å². The molecule has 0 atom stereocenters. The molecule has 0 fully saturated rings. The predicted octanol–water partition coefficient (Wildman–Crippen LogP) is -0.327. The Morgan fingerprint density at radius 2 is 0.960 bits per heavy atom. The fourth-order valence-corrected chi connectivity index (χ4v) is 2.47. The average molecular weight is 340 g/mol. The van der Waals surface area contributed by atoms with Crippen LogP contribution in [-0.2, 0) is 6.42 Å². The van der Waals surface area contributed by atoms with E-state index >= 15 is 0 Å². The van der Waals surface area contributed by atoms with Crippen molar-refractivity contribution in [2.75, 3.05) is 0 Å². The van der Waals surface area contributed by atoms with Gasteiger partial charge in [-0.05, 0) is 53.9 Å². The second kappa shape index (κ2) is 6.83. The summed E-state index contributed by atoms with van der Waals surface area (Å²) < 4.78 is 0. The summed E-state index contributed by atoms with van der Waals surface area (Å²) in [6, 6.07) is 8.31. The van der Waals surface area contributed by atoms with Crippen LogP contribution in [0, 0.1) is 0 Å². The number of carbonyl (C=O) groups is 4. The lowest BCUT2D eigenvalue weighted by Gasteiger charge is -2.12. The molecule has 8 N–H and O–H groups in total. The number of primary amides is 4. The summed E-state index contributed by atoms with van der Waals surface area (Å²) in [6.07, 6.45) is 0.0266. The van der Waals surface area contributed by atoms with E-state index in [2.05, 4.69) is 0 Å². The van der Waals surface area contributed by atoms with E-state index in [1.807, 2.05) is 0 Å². The maximum absolute atomic E-state index is 11.6. The van der Waals surface area contributed by atoms with Gasteiger partial charge in [0.25, 0.3) is 0 Å². The first-order valence-corrected chi connectivity index (χ1v) is 7.15. The van der Waals surface area contributed by atoms with Crippen molar-refractivity contribution in [3.8, 4) is 0 Å². The zero-order chi connectivity index (χ0) is 18.7. The molecular weight excluding hydrogens is 324 g/mol.